The summed E-state index contributed by atoms with van der Waals surface area (Å²) in [6.45, 7) is 0. The van der Waals surface area contributed by atoms with Crippen LogP contribution in [0.1, 0.15) is 23.6 Å². The van der Waals surface area contributed by atoms with Crippen molar-refractivity contribution in [3.05, 3.63) is 71.6 Å². The van der Waals surface area contributed by atoms with Crippen molar-refractivity contribution in [2.45, 2.75) is 12.3 Å². The maximum Gasteiger partial charge on any atom is 3.00 e. The van der Waals surface area contributed by atoms with Crippen LogP contribution in [0.3, 0.4) is 0 Å². The van der Waals surface area contributed by atoms with E-state index in [1.807, 2.05) is 0 Å². The molecule has 0 spiro atoms. The number of nitrogens with zero attached hydrogens (tertiary/aromatic N) is 1. The van der Waals surface area contributed by atoms with Gasteiger partial charge in [-0.3, -0.25) is 6.08 Å². The van der Waals surface area contributed by atoms with Crippen molar-refractivity contribution in [3.8, 4) is 11.1 Å². The van der Waals surface area contributed by atoms with Crippen LogP contribution in [-0.4, -0.2) is 4.57 Å². The molecule has 1 unspecified atom stereocenters. The van der Waals surface area contributed by atoms with Gasteiger partial charge in [0.25, 0.3) is 0 Å². The van der Waals surface area contributed by atoms with Crippen LogP contribution in [0.5, 0.6) is 0 Å². The first-order valence-corrected chi connectivity index (χ1v) is 6.38. The molecule has 1 atom stereocenters. The number of fused-ring (bicyclic) bond motifs is 3. The van der Waals surface area contributed by atoms with Gasteiger partial charge in [0.15, 0.2) is 0 Å². The Kier molecular flexibility index (Phi) is 6.28. The van der Waals surface area contributed by atoms with E-state index in [1.165, 1.54) is 28.0 Å². The summed E-state index contributed by atoms with van der Waals surface area (Å²) < 4.78 is 2.25. The van der Waals surface area contributed by atoms with Crippen molar-refractivity contribution in [2.24, 2.45) is 7.05 Å². The van der Waals surface area contributed by atoms with Crippen LogP contribution in [0.25, 0.3) is 11.1 Å². The summed E-state index contributed by atoms with van der Waals surface area (Å²) in [5.41, 5.74) is 6.92. The SMILES string of the molecule is Cn1ccc2c1C(C1=[C-]CC=C1)c1ccccc1-2.[Cl-].[Cl-].[Zr+3]. The molecule has 0 aliphatic heterocycles. The third kappa shape index (κ3) is 2.74. The van der Waals surface area contributed by atoms with E-state index in [0.717, 1.165) is 6.42 Å². The van der Waals surface area contributed by atoms with E-state index in [4.69, 9.17) is 0 Å². The van der Waals surface area contributed by atoms with E-state index < -0.39 is 0 Å². The van der Waals surface area contributed by atoms with Gasteiger partial charge in [-0.25, -0.2) is 11.6 Å². The smallest absolute Gasteiger partial charge is 1.00 e. The molecule has 2 aliphatic carbocycles. The zero-order valence-corrected chi connectivity index (χ0v) is 15.6. The summed E-state index contributed by atoms with van der Waals surface area (Å²) in [7, 11) is 2.14. The van der Waals surface area contributed by atoms with Gasteiger partial charge in [0.1, 0.15) is 0 Å². The molecule has 1 nitrogen and oxygen atoms in total. The standard InChI is InChI=1S/C17H14N.2ClH.Zr/c1-18-11-10-15-13-8-4-5-9-14(13)16(17(15)18)12-6-2-3-7-12;;;/h2,4-6,8-11,16H,3H2,1H3;2*1H;/q-1;;;+3/p-2. The first-order valence-electron chi connectivity index (χ1n) is 6.38. The van der Waals surface area contributed by atoms with Crippen molar-refractivity contribution in [3.63, 3.8) is 0 Å². The number of aromatic nitrogens is 1. The van der Waals surface area contributed by atoms with E-state index in [0.29, 0.717) is 5.92 Å². The first kappa shape index (κ1) is 18.5. The van der Waals surface area contributed by atoms with Gasteiger partial charge in [-0.15, -0.1) is 6.42 Å². The normalized spacial score (nSPS) is 17.0. The second kappa shape index (κ2) is 7.14. The van der Waals surface area contributed by atoms with Gasteiger partial charge in [0.2, 0.25) is 0 Å². The minimum atomic E-state index is 0. The van der Waals surface area contributed by atoms with Gasteiger partial charge in [0, 0.05) is 30.4 Å². The third-order valence-corrected chi connectivity index (χ3v) is 3.99. The van der Waals surface area contributed by atoms with Gasteiger partial charge < -0.3 is 29.4 Å². The van der Waals surface area contributed by atoms with Crippen molar-refractivity contribution < 1.29 is 51.0 Å². The molecule has 0 fully saturated rings. The molecule has 0 saturated carbocycles. The van der Waals surface area contributed by atoms with Crippen LogP contribution in [-0.2, 0) is 33.3 Å². The molecule has 4 heteroatoms. The average Bonchev–Trinajstić information content (AvgIpc) is 3.07. The Bertz CT molecular complexity index is 701. The van der Waals surface area contributed by atoms with Crippen LogP contribution >= 0.6 is 0 Å². The zero-order valence-electron chi connectivity index (χ0n) is 11.6. The predicted molar refractivity (Wildman–Crippen MR) is 73.2 cm³/mol. The van der Waals surface area contributed by atoms with Crippen LogP contribution in [0, 0.1) is 6.08 Å². The molecular weight excluding hydrogens is 380 g/mol. The molecule has 0 N–H and O–H groups in total. The van der Waals surface area contributed by atoms with Crippen molar-refractivity contribution >= 4 is 0 Å². The van der Waals surface area contributed by atoms with Crippen LogP contribution in [0.2, 0.25) is 0 Å². The predicted octanol–water partition coefficient (Wildman–Crippen LogP) is -2.17. The first-order chi connectivity index (χ1) is 8.86. The molecule has 21 heavy (non-hydrogen) atoms. The van der Waals surface area contributed by atoms with Gasteiger partial charge in [-0.2, -0.15) is 6.08 Å². The summed E-state index contributed by atoms with van der Waals surface area (Å²) in [5, 5.41) is 0. The summed E-state index contributed by atoms with van der Waals surface area (Å²) in [4.78, 5) is 0. The monoisotopic (exact) mass is 392 g/mol. The molecule has 1 aromatic heterocycles. The molecule has 0 saturated heterocycles. The number of rotatable bonds is 1. The minimum Gasteiger partial charge on any atom is -1.00 e. The van der Waals surface area contributed by atoms with Crippen molar-refractivity contribution in [1.29, 1.82) is 0 Å². The Morgan fingerprint density at radius 2 is 1.86 bits per heavy atom. The quantitative estimate of drug-likeness (QED) is 0.486. The molecule has 105 valence electrons. The molecule has 0 bridgehead atoms. The number of benzene rings is 1. The summed E-state index contributed by atoms with van der Waals surface area (Å²) >= 11 is 0. The second-order valence-corrected chi connectivity index (χ2v) is 4.98. The number of hydrogen-bond donors (Lipinski definition) is 0. The topological polar surface area (TPSA) is 4.93 Å². The van der Waals surface area contributed by atoms with Gasteiger partial charge in [-0.1, -0.05) is 24.3 Å². The summed E-state index contributed by atoms with van der Waals surface area (Å²) in [6.07, 6.45) is 11.0. The van der Waals surface area contributed by atoms with E-state index >= 15 is 0 Å². The molecule has 1 heterocycles. The third-order valence-electron chi connectivity index (χ3n) is 3.99. The molecule has 2 aromatic rings. The number of aryl methyl sites for hydroxylation is 1. The minimum absolute atomic E-state index is 0. The second-order valence-electron chi connectivity index (χ2n) is 4.98. The Hall–Kier alpha value is -0.557. The van der Waals surface area contributed by atoms with Crippen LogP contribution < -0.4 is 24.8 Å². The number of hydrogen-bond acceptors (Lipinski definition) is 0. The van der Waals surface area contributed by atoms with Gasteiger partial charge >= 0.3 is 26.2 Å². The summed E-state index contributed by atoms with van der Waals surface area (Å²) in [5.74, 6) is 0.370. The van der Waals surface area contributed by atoms with Crippen molar-refractivity contribution in [1.82, 2.24) is 4.57 Å². The van der Waals surface area contributed by atoms with Crippen LogP contribution in [0.15, 0.2) is 54.3 Å². The fourth-order valence-electron chi connectivity index (χ4n) is 3.20. The molecule has 2 aliphatic rings. The maximum absolute atomic E-state index is 3.49. The zero-order chi connectivity index (χ0) is 12.1. The van der Waals surface area contributed by atoms with Crippen molar-refractivity contribution in [2.75, 3.05) is 0 Å². The van der Waals surface area contributed by atoms with E-state index in [2.05, 4.69) is 66.4 Å². The molecular formula is C17H14Cl2NZr. The summed E-state index contributed by atoms with van der Waals surface area (Å²) in [6, 6.07) is 11.0. The Labute approximate surface area is 157 Å². The average molecular weight is 394 g/mol. The molecule has 0 amide bonds. The Morgan fingerprint density at radius 3 is 2.57 bits per heavy atom. The molecule has 4 rings (SSSR count). The van der Waals surface area contributed by atoms with E-state index in [1.54, 1.807) is 0 Å². The molecule has 1 aromatic carbocycles. The maximum atomic E-state index is 3.49. The molecule has 1 radical (unpaired) electrons. The largest absolute Gasteiger partial charge is 3.00 e. The fourth-order valence-corrected chi connectivity index (χ4v) is 3.20. The number of halogens is 2. The van der Waals surface area contributed by atoms with E-state index in [-0.39, 0.29) is 51.0 Å². The Morgan fingerprint density at radius 1 is 1.10 bits per heavy atom. The van der Waals surface area contributed by atoms with Crippen LogP contribution in [0.4, 0.5) is 0 Å². The van der Waals surface area contributed by atoms with E-state index in [9.17, 15) is 0 Å². The Balaban J connectivity index is 0.000000735. The fraction of sp³-hybridized carbons (Fsp3) is 0.176. The van der Waals surface area contributed by atoms with Gasteiger partial charge in [0.05, 0.1) is 0 Å². The van der Waals surface area contributed by atoms with Gasteiger partial charge in [-0.05, 0) is 17.2 Å². The number of allylic oxidation sites excluding steroid dienone is 4.